The lowest BCUT2D eigenvalue weighted by Crippen LogP contribution is -2.38. The number of aromatic amines is 1. The van der Waals surface area contributed by atoms with Gasteiger partial charge in [-0.15, -0.1) is 0 Å². The van der Waals surface area contributed by atoms with Crippen LogP contribution in [0, 0.1) is 6.92 Å². The van der Waals surface area contributed by atoms with Crippen molar-refractivity contribution in [3.05, 3.63) is 64.4 Å². The van der Waals surface area contributed by atoms with Crippen molar-refractivity contribution in [2.75, 3.05) is 39.5 Å². The molecule has 1 aromatic heterocycles. The number of benzene rings is 2. The number of aromatic nitrogens is 1. The van der Waals surface area contributed by atoms with E-state index in [2.05, 4.69) is 9.88 Å². The molecule has 2 heterocycles. The molecule has 5 nitrogen and oxygen atoms in total. The third kappa shape index (κ3) is 4.04. The number of hydrogen-bond donors (Lipinski definition) is 1. The second-order valence-electron chi connectivity index (χ2n) is 6.88. The number of nitrogens with zero attached hydrogens (tertiary/aromatic N) is 1. The maximum atomic E-state index is 12.4. The first-order valence-electron chi connectivity index (χ1n) is 9.37. The summed E-state index contributed by atoms with van der Waals surface area (Å²) in [5.74, 6) is 0.839. The van der Waals surface area contributed by atoms with Gasteiger partial charge in [0.1, 0.15) is 12.4 Å². The number of aryl methyl sites for hydroxylation is 1. The monoisotopic (exact) mass is 364 g/mol. The van der Waals surface area contributed by atoms with Gasteiger partial charge >= 0.3 is 0 Å². The molecule has 1 aliphatic heterocycles. The van der Waals surface area contributed by atoms with Gasteiger partial charge < -0.3 is 14.5 Å². The van der Waals surface area contributed by atoms with Crippen LogP contribution in [0.15, 0.2) is 53.3 Å². The number of pyridine rings is 1. The van der Waals surface area contributed by atoms with E-state index < -0.39 is 0 Å². The van der Waals surface area contributed by atoms with E-state index in [1.807, 2.05) is 55.5 Å². The van der Waals surface area contributed by atoms with E-state index in [9.17, 15) is 4.79 Å². The Labute approximate surface area is 158 Å². The van der Waals surface area contributed by atoms with Crippen LogP contribution in [0.5, 0.6) is 5.75 Å². The van der Waals surface area contributed by atoms with Gasteiger partial charge in [0.15, 0.2) is 0 Å². The summed E-state index contributed by atoms with van der Waals surface area (Å²) in [6.07, 6.45) is 0. The van der Waals surface area contributed by atoms with Crippen molar-refractivity contribution < 1.29 is 9.47 Å². The summed E-state index contributed by atoms with van der Waals surface area (Å²) < 4.78 is 11.2. The highest BCUT2D eigenvalue weighted by Gasteiger charge is 2.10. The van der Waals surface area contributed by atoms with Gasteiger partial charge in [0.05, 0.1) is 13.2 Å². The predicted octanol–water partition coefficient (Wildman–Crippen LogP) is 3.21. The fraction of sp³-hybridized carbons (Fsp3) is 0.318. The molecule has 1 fully saturated rings. The second-order valence-corrected chi connectivity index (χ2v) is 6.88. The lowest BCUT2D eigenvalue weighted by atomic mass is 10.0. The minimum Gasteiger partial charge on any atom is -0.492 e. The van der Waals surface area contributed by atoms with E-state index in [1.165, 1.54) is 0 Å². The molecule has 0 saturated carbocycles. The Bertz CT molecular complexity index is 973. The van der Waals surface area contributed by atoms with Gasteiger partial charge in [-0.2, -0.15) is 0 Å². The van der Waals surface area contributed by atoms with Crippen LogP contribution >= 0.6 is 0 Å². The maximum Gasteiger partial charge on any atom is 0.256 e. The Morgan fingerprint density at radius 1 is 1.07 bits per heavy atom. The molecule has 140 valence electrons. The van der Waals surface area contributed by atoms with Crippen LogP contribution in [0.25, 0.3) is 22.0 Å². The van der Waals surface area contributed by atoms with Gasteiger partial charge in [0.25, 0.3) is 5.56 Å². The highest BCUT2D eigenvalue weighted by atomic mass is 16.5. The fourth-order valence-corrected chi connectivity index (χ4v) is 3.44. The molecular formula is C22H24N2O3. The molecule has 3 aromatic rings. The van der Waals surface area contributed by atoms with E-state index in [4.69, 9.17) is 9.47 Å². The Kier molecular flexibility index (Phi) is 5.23. The van der Waals surface area contributed by atoms with E-state index in [0.717, 1.165) is 66.2 Å². The molecule has 0 atom stereocenters. The molecule has 0 radical (unpaired) electrons. The quantitative estimate of drug-likeness (QED) is 0.755. The molecule has 2 aromatic carbocycles. The average molecular weight is 364 g/mol. The third-order valence-electron chi connectivity index (χ3n) is 5.05. The number of morpholine rings is 1. The third-order valence-corrected chi connectivity index (χ3v) is 5.05. The lowest BCUT2D eigenvalue weighted by Gasteiger charge is -2.26. The molecule has 5 heteroatoms. The summed E-state index contributed by atoms with van der Waals surface area (Å²) >= 11 is 0. The molecule has 0 spiro atoms. The minimum atomic E-state index is -0.0583. The van der Waals surface area contributed by atoms with Gasteiger partial charge in [0, 0.05) is 30.7 Å². The van der Waals surface area contributed by atoms with Crippen LogP contribution in [0.2, 0.25) is 0 Å². The van der Waals surface area contributed by atoms with Gasteiger partial charge in [-0.25, -0.2) is 0 Å². The molecule has 0 bridgehead atoms. The number of ether oxygens (including phenoxy) is 2. The Morgan fingerprint density at radius 2 is 1.85 bits per heavy atom. The zero-order chi connectivity index (χ0) is 18.6. The SMILES string of the molecule is Cc1cccc2c(=O)[nH]c(-c3ccc(OCCN4CCOCC4)cc3)cc12. The molecular weight excluding hydrogens is 340 g/mol. The topological polar surface area (TPSA) is 54.6 Å². The smallest absolute Gasteiger partial charge is 0.256 e. The Balaban J connectivity index is 1.46. The average Bonchev–Trinajstić information content (AvgIpc) is 2.70. The van der Waals surface area contributed by atoms with Crippen molar-refractivity contribution in [1.82, 2.24) is 9.88 Å². The highest BCUT2D eigenvalue weighted by molar-refractivity contribution is 5.87. The molecule has 1 saturated heterocycles. The summed E-state index contributed by atoms with van der Waals surface area (Å²) in [6.45, 7) is 7.13. The maximum absolute atomic E-state index is 12.4. The largest absolute Gasteiger partial charge is 0.492 e. The van der Waals surface area contributed by atoms with Crippen LogP contribution in [0.4, 0.5) is 0 Å². The predicted molar refractivity (Wildman–Crippen MR) is 107 cm³/mol. The van der Waals surface area contributed by atoms with E-state index in [0.29, 0.717) is 6.61 Å². The lowest BCUT2D eigenvalue weighted by molar-refractivity contribution is 0.0322. The first kappa shape index (κ1) is 17.8. The zero-order valence-electron chi connectivity index (χ0n) is 15.5. The number of rotatable bonds is 5. The Hall–Kier alpha value is -2.63. The summed E-state index contributed by atoms with van der Waals surface area (Å²) in [5, 5.41) is 1.71. The molecule has 0 aliphatic carbocycles. The van der Waals surface area contributed by atoms with Crippen molar-refractivity contribution in [3.63, 3.8) is 0 Å². The molecule has 0 unspecified atom stereocenters. The molecule has 0 amide bonds. The van der Waals surface area contributed by atoms with Crippen LogP contribution < -0.4 is 10.3 Å². The van der Waals surface area contributed by atoms with E-state index in [-0.39, 0.29) is 5.56 Å². The van der Waals surface area contributed by atoms with Gasteiger partial charge in [0.2, 0.25) is 0 Å². The van der Waals surface area contributed by atoms with E-state index in [1.54, 1.807) is 0 Å². The van der Waals surface area contributed by atoms with Crippen molar-refractivity contribution in [3.8, 4) is 17.0 Å². The number of hydrogen-bond acceptors (Lipinski definition) is 4. The molecule has 1 aliphatic rings. The second kappa shape index (κ2) is 7.94. The highest BCUT2D eigenvalue weighted by Crippen LogP contribution is 2.24. The van der Waals surface area contributed by atoms with Crippen molar-refractivity contribution in [2.24, 2.45) is 0 Å². The van der Waals surface area contributed by atoms with Crippen LogP contribution in [0.1, 0.15) is 5.56 Å². The van der Waals surface area contributed by atoms with E-state index >= 15 is 0 Å². The summed E-state index contributed by atoms with van der Waals surface area (Å²) in [6, 6.07) is 15.7. The first-order chi connectivity index (χ1) is 13.2. The van der Waals surface area contributed by atoms with Crippen LogP contribution in [-0.4, -0.2) is 49.3 Å². The van der Waals surface area contributed by atoms with Crippen molar-refractivity contribution in [1.29, 1.82) is 0 Å². The van der Waals surface area contributed by atoms with Crippen molar-refractivity contribution in [2.45, 2.75) is 6.92 Å². The summed E-state index contributed by atoms with van der Waals surface area (Å²) in [7, 11) is 0. The summed E-state index contributed by atoms with van der Waals surface area (Å²) in [5.41, 5.74) is 2.83. The molecule has 4 rings (SSSR count). The molecule has 27 heavy (non-hydrogen) atoms. The Morgan fingerprint density at radius 3 is 2.63 bits per heavy atom. The van der Waals surface area contributed by atoms with Crippen LogP contribution in [-0.2, 0) is 4.74 Å². The normalized spacial score (nSPS) is 15.1. The number of fused-ring (bicyclic) bond motifs is 1. The fourth-order valence-electron chi connectivity index (χ4n) is 3.44. The summed E-state index contributed by atoms with van der Waals surface area (Å²) in [4.78, 5) is 17.7. The van der Waals surface area contributed by atoms with Gasteiger partial charge in [-0.05, 0) is 59.8 Å². The van der Waals surface area contributed by atoms with Crippen molar-refractivity contribution >= 4 is 10.8 Å². The van der Waals surface area contributed by atoms with Crippen LogP contribution in [0.3, 0.4) is 0 Å². The minimum absolute atomic E-state index is 0.0583. The number of nitrogens with one attached hydrogen (secondary N) is 1. The zero-order valence-corrected chi connectivity index (χ0v) is 15.5. The standard InChI is InChI=1S/C22H24N2O3/c1-16-3-2-4-19-20(16)15-21(23-22(19)25)17-5-7-18(8-6-17)27-14-11-24-9-12-26-13-10-24/h2-8,15H,9-14H2,1H3,(H,23,25). The molecule has 1 N–H and O–H groups in total. The number of H-pyrrole nitrogens is 1. The van der Waals surface area contributed by atoms with Gasteiger partial charge in [-0.1, -0.05) is 12.1 Å². The first-order valence-corrected chi connectivity index (χ1v) is 9.37. The van der Waals surface area contributed by atoms with Gasteiger partial charge in [-0.3, -0.25) is 9.69 Å².